The van der Waals surface area contributed by atoms with Gasteiger partial charge < -0.3 is 10.1 Å². The Morgan fingerprint density at radius 2 is 2.18 bits per heavy atom. The number of hydrogen-bond donors (Lipinski definition) is 1. The van der Waals surface area contributed by atoms with Gasteiger partial charge in [-0.05, 0) is 43.9 Å². The van der Waals surface area contributed by atoms with Gasteiger partial charge in [-0.25, -0.2) is 0 Å². The van der Waals surface area contributed by atoms with Gasteiger partial charge >= 0.3 is 0 Å². The highest BCUT2D eigenvalue weighted by Crippen LogP contribution is 2.24. The summed E-state index contributed by atoms with van der Waals surface area (Å²) in [5.41, 5.74) is 2.65. The molecular formula is C14H20BrNO. The van der Waals surface area contributed by atoms with Crippen molar-refractivity contribution in [3.05, 3.63) is 33.8 Å². The van der Waals surface area contributed by atoms with Crippen LogP contribution in [0.25, 0.3) is 0 Å². The van der Waals surface area contributed by atoms with Crippen molar-refractivity contribution in [3.63, 3.8) is 0 Å². The van der Waals surface area contributed by atoms with E-state index in [1.54, 1.807) is 0 Å². The molecule has 0 aromatic heterocycles. The second-order valence-electron chi connectivity index (χ2n) is 4.71. The van der Waals surface area contributed by atoms with Gasteiger partial charge in [-0.1, -0.05) is 28.1 Å². The third kappa shape index (κ3) is 3.54. The van der Waals surface area contributed by atoms with Crippen molar-refractivity contribution in [2.75, 3.05) is 6.61 Å². The molecule has 94 valence electrons. The monoisotopic (exact) mass is 297 g/mol. The van der Waals surface area contributed by atoms with Crippen LogP contribution in [0.2, 0.25) is 0 Å². The molecule has 1 saturated carbocycles. The van der Waals surface area contributed by atoms with E-state index in [-0.39, 0.29) is 0 Å². The number of aryl methyl sites for hydroxylation is 1. The third-order valence-electron chi connectivity index (χ3n) is 3.31. The van der Waals surface area contributed by atoms with Crippen molar-refractivity contribution in [2.24, 2.45) is 0 Å². The molecule has 0 unspecified atom stereocenters. The van der Waals surface area contributed by atoms with E-state index in [2.05, 4.69) is 53.3 Å². The Hall–Kier alpha value is -0.380. The topological polar surface area (TPSA) is 21.3 Å². The molecule has 2 nitrogen and oxygen atoms in total. The summed E-state index contributed by atoms with van der Waals surface area (Å²) in [6.07, 6.45) is 2.80. The van der Waals surface area contributed by atoms with E-state index in [1.807, 2.05) is 0 Å². The van der Waals surface area contributed by atoms with Gasteiger partial charge in [0.25, 0.3) is 0 Å². The fourth-order valence-electron chi connectivity index (χ4n) is 2.18. The molecule has 0 aliphatic heterocycles. The fourth-order valence-corrected chi connectivity index (χ4v) is 2.43. The molecule has 1 fully saturated rings. The molecule has 0 atom stereocenters. The lowest BCUT2D eigenvalue weighted by Crippen LogP contribution is -2.45. The minimum Gasteiger partial charge on any atom is -0.378 e. The quantitative estimate of drug-likeness (QED) is 0.899. The van der Waals surface area contributed by atoms with Gasteiger partial charge in [0.05, 0.1) is 6.10 Å². The predicted molar refractivity (Wildman–Crippen MR) is 74.2 cm³/mol. The Bertz CT molecular complexity index is 374. The summed E-state index contributed by atoms with van der Waals surface area (Å²) in [5, 5.41) is 3.58. The highest BCUT2D eigenvalue weighted by molar-refractivity contribution is 9.10. The first-order chi connectivity index (χ1) is 8.19. The first-order valence-electron chi connectivity index (χ1n) is 6.29. The smallest absolute Gasteiger partial charge is 0.0604 e. The van der Waals surface area contributed by atoms with Crippen molar-refractivity contribution >= 4 is 15.9 Å². The van der Waals surface area contributed by atoms with Gasteiger partial charge in [0, 0.05) is 23.7 Å². The summed E-state index contributed by atoms with van der Waals surface area (Å²) >= 11 is 3.52. The van der Waals surface area contributed by atoms with Crippen LogP contribution in [-0.2, 0) is 11.3 Å². The van der Waals surface area contributed by atoms with Crippen molar-refractivity contribution in [1.82, 2.24) is 5.32 Å². The van der Waals surface area contributed by atoms with Crippen LogP contribution < -0.4 is 5.32 Å². The van der Waals surface area contributed by atoms with E-state index in [1.165, 1.54) is 15.6 Å². The van der Waals surface area contributed by atoms with E-state index >= 15 is 0 Å². The van der Waals surface area contributed by atoms with Crippen LogP contribution in [0.1, 0.15) is 30.9 Å². The molecule has 0 spiro atoms. The van der Waals surface area contributed by atoms with E-state index in [9.17, 15) is 0 Å². The van der Waals surface area contributed by atoms with Gasteiger partial charge in [-0.15, -0.1) is 0 Å². The van der Waals surface area contributed by atoms with Crippen molar-refractivity contribution in [3.8, 4) is 0 Å². The minimum absolute atomic E-state index is 0.490. The molecule has 0 heterocycles. The number of halogens is 1. The van der Waals surface area contributed by atoms with Crippen molar-refractivity contribution in [2.45, 2.75) is 45.4 Å². The lowest BCUT2D eigenvalue weighted by atomic mass is 9.89. The van der Waals surface area contributed by atoms with Crippen molar-refractivity contribution < 1.29 is 4.74 Å². The van der Waals surface area contributed by atoms with Crippen LogP contribution in [-0.4, -0.2) is 18.8 Å². The maximum Gasteiger partial charge on any atom is 0.0604 e. The van der Waals surface area contributed by atoms with Gasteiger partial charge in [0.1, 0.15) is 0 Å². The molecule has 3 heteroatoms. The molecule has 1 aliphatic rings. The van der Waals surface area contributed by atoms with Gasteiger partial charge in [0.2, 0.25) is 0 Å². The molecule has 2 rings (SSSR count). The summed E-state index contributed by atoms with van der Waals surface area (Å²) < 4.78 is 6.73. The molecule has 1 N–H and O–H groups in total. The highest BCUT2D eigenvalue weighted by Gasteiger charge is 2.28. The predicted octanol–water partition coefficient (Wildman–Crippen LogP) is 3.41. The van der Waals surface area contributed by atoms with Crippen LogP contribution in [0.15, 0.2) is 22.7 Å². The maximum atomic E-state index is 5.55. The third-order valence-corrected chi connectivity index (χ3v) is 4.20. The summed E-state index contributed by atoms with van der Waals surface area (Å²) in [6, 6.07) is 7.16. The molecule has 0 radical (unpaired) electrons. The van der Waals surface area contributed by atoms with E-state index in [0.29, 0.717) is 12.1 Å². The zero-order valence-corrected chi connectivity index (χ0v) is 12.1. The second kappa shape index (κ2) is 5.98. The molecule has 1 aromatic carbocycles. The van der Waals surface area contributed by atoms with Crippen LogP contribution in [0.5, 0.6) is 0 Å². The second-order valence-corrected chi connectivity index (χ2v) is 5.56. The first kappa shape index (κ1) is 13.1. The largest absolute Gasteiger partial charge is 0.378 e. The highest BCUT2D eigenvalue weighted by atomic mass is 79.9. The molecule has 1 aliphatic carbocycles. The molecular weight excluding hydrogens is 278 g/mol. The Kier molecular flexibility index (Phi) is 4.60. The molecule has 0 saturated heterocycles. The number of rotatable bonds is 5. The number of benzene rings is 1. The summed E-state index contributed by atoms with van der Waals surface area (Å²) in [5.74, 6) is 0. The summed E-state index contributed by atoms with van der Waals surface area (Å²) in [6.45, 7) is 5.98. The normalized spacial score (nSPS) is 23.5. The Morgan fingerprint density at radius 1 is 1.41 bits per heavy atom. The number of hydrogen-bond acceptors (Lipinski definition) is 2. The average Bonchev–Trinajstić information content (AvgIpc) is 2.26. The lowest BCUT2D eigenvalue weighted by molar-refractivity contribution is -0.0102. The van der Waals surface area contributed by atoms with Gasteiger partial charge in [0.15, 0.2) is 0 Å². The Morgan fingerprint density at radius 3 is 2.82 bits per heavy atom. The van der Waals surface area contributed by atoms with E-state index < -0.39 is 0 Å². The Labute approximate surface area is 112 Å². The van der Waals surface area contributed by atoms with Gasteiger partial charge in [-0.2, -0.15) is 0 Å². The lowest BCUT2D eigenvalue weighted by Gasteiger charge is -2.35. The van der Waals surface area contributed by atoms with Crippen LogP contribution in [0.4, 0.5) is 0 Å². The first-order valence-corrected chi connectivity index (χ1v) is 7.08. The maximum absolute atomic E-state index is 5.55. The van der Waals surface area contributed by atoms with Crippen molar-refractivity contribution in [1.29, 1.82) is 0 Å². The molecule has 0 amide bonds. The number of nitrogens with one attached hydrogen (secondary N) is 1. The molecule has 0 bridgehead atoms. The fraction of sp³-hybridized carbons (Fsp3) is 0.571. The standard InChI is InChI=1S/C14H20BrNO/c1-3-17-13-7-12(8-13)16-9-11-4-5-14(15)10(2)6-11/h4-6,12-13,16H,3,7-9H2,1-2H3. The molecule has 1 aromatic rings. The zero-order chi connectivity index (χ0) is 12.3. The Balaban J connectivity index is 1.74. The van der Waals surface area contributed by atoms with E-state index in [4.69, 9.17) is 4.74 Å². The van der Waals surface area contributed by atoms with Gasteiger partial charge in [-0.3, -0.25) is 0 Å². The SMILES string of the molecule is CCOC1CC(NCc2ccc(Br)c(C)c2)C1. The average molecular weight is 298 g/mol. The summed E-state index contributed by atoms with van der Waals surface area (Å²) in [4.78, 5) is 0. The van der Waals surface area contributed by atoms with Crippen LogP contribution in [0.3, 0.4) is 0 Å². The van der Waals surface area contributed by atoms with E-state index in [0.717, 1.165) is 26.0 Å². The van der Waals surface area contributed by atoms with Crippen LogP contribution in [0, 0.1) is 6.92 Å². The van der Waals surface area contributed by atoms with Crippen LogP contribution >= 0.6 is 15.9 Å². The molecule has 17 heavy (non-hydrogen) atoms. The minimum atomic E-state index is 0.490. The zero-order valence-electron chi connectivity index (χ0n) is 10.5. The number of ether oxygens (including phenoxy) is 1. The summed E-state index contributed by atoms with van der Waals surface area (Å²) in [7, 11) is 0.